The van der Waals surface area contributed by atoms with Gasteiger partial charge in [0.1, 0.15) is 11.7 Å². The minimum Gasteiger partial charge on any atom is -0.425 e. The summed E-state index contributed by atoms with van der Waals surface area (Å²) >= 11 is 0. The van der Waals surface area contributed by atoms with Gasteiger partial charge in [0.25, 0.3) is 0 Å². The van der Waals surface area contributed by atoms with Gasteiger partial charge in [-0.05, 0) is 43.1 Å². The van der Waals surface area contributed by atoms with Crippen LogP contribution in [0, 0.1) is 5.92 Å². The highest BCUT2D eigenvalue weighted by molar-refractivity contribution is 5.93. The van der Waals surface area contributed by atoms with E-state index in [4.69, 9.17) is 9.47 Å². The van der Waals surface area contributed by atoms with Crippen LogP contribution in [-0.4, -0.2) is 28.6 Å². The molecule has 0 radical (unpaired) electrons. The topological polar surface area (TPSA) is 55.8 Å². The van der Waals surface area contributed by atoms with E-state index < -0.39 is 17.5 Å². The van der Waals surface area contributed by atoms with Crippen molar-refractivity contribution in [1.29, 1.82) is 0 Å². The van der Waals surface area contributed by atoms with E-state index in [1.165, 1.54) is 0 Å². The van der Waals surface area contributed by atoms with Crippen LogP contribution in [0.5, 0.6) is 0 Å². The molecule has 100 valence electrons. The van der Waals surface area contributed by atoms with Gasteiger partial charge in [-0.1, -0.05) is 6.92 Å². The molecule has 1 aliphatic carbocycles. The maximum Gasteiger partial charge on any atom is 0.337 e. The zero-order chi connectivity index (χ0) is 13.6. The first-order valence-electron chi connectivity index (χ1n) is 6.64. The van der Waals surface area contributed by atoms with Gasteiger partial charge < -0.3 is 14.6 Å². The van der Waals surface area contributed by atoms with Gasteiger partial charge in [0.2, 0.25) is 5.79 Å². The summed E-state index contributed by atoms with van der Waals surface area (Å²) in [5, 5.41) is 10.4. The number of esters is 1. The Bertz CT molecular complexity index is 612. The lowest BCUT2D eigenvalue weighted by atomic mass is 9.81. The first-order chi connectivity index (χ1) is 8.91. The second-order valence-electron chi connectivity index (χ2n) is 6.03. The Hall–Kier alpha value is -1.39. The van der Waals surface area contributed by atoms with Gasteiger partial charge in [-0.3, -0.25) is 0 Å². The molecule has 4 nitrogen and oxygen atoms in total. The van der Waals surface area contributed by atoms with E-state index in [0.717, 1.165) is 16.7 Å². The second-order valence-corrected chi connectivity index (χ2v) is 6.03. The molecule has 0 aromatic heterocycles. The lowest BCUT2D eigenvalue weighted by Crippen LogP contribution is -2.48. The normalized spacial score (nSPS) is 46.8. The summed E-state index contributed by atoms with van der Waals surface area (Å²) in [7, 11) is 0. The van der Waals surface area contributed by atoms with Crippen molar-refractivity contribution in [2.24, 2.45) is 5.92 Å². The fourth-order valence-electron chi connectivity index (χ4n) is 4.05. The summed E-state index contributed by atoms with van der Waals surface area (Å²) in [6, 6.07) is 0. The first-order valence-corrected chi connectivity index (χ1v) is 6.64. The van der Waals surface area contributed by atoms with Gasteiger partial charge in [-0.25, -0.2) is 4.79 Å². The number of carbonyl (C=O) groups excluding carboxylic acids is 1. The third-order valence-corrected chi connectivity index (χ3v) is 5.00. The molecule has 1 N–H and O–H groups in total. The van der Waals surface area contributed by atoms with Gasteiger partial charge in [0.15, 0.2) is 0 Å². The number of ether oxygens (including phenoxy) is 2. The average Bonchev–Trinajstić information content (AvgIpc) is 2.82. The zero-order valence-corrected chi connectivity index (χ0v) is 11.2. The summed E-state index contributed by atoms with van der Waals surface area (Å²) in [4.78, 5) is 11.8. The maximum absolute atomic E-state index is 11.8. The van der Waals surface area contributed by atoms with Crippen LogP contribution in [0.3, 0.4) is 0 Å². The molecule has 2 spiro atoms. The van der Waals surface area contributed by atoms with Gasteiger partial charge in [0, 0.05) is 17.6 Å². The summed E-state index contributed by atoms with van der Waals surface area (Å²) < 4.78 is 11.7. The van der Waals surface area contributed by atoms with E-state index in [0.29, 0.717) is 12.0 Å². The van der Waals surface area contributed by atoms with Gasteiger partial charge in [-0.15, -0.1) is 0 Å². The van der Waals surface area contributed by atoms with Crippen molar-refractivity contribution in [3.05, 3.63) is 34.4 Å². The highest BCUT2D eigenvalue weighted by Gasteiger charge is 2.68. The Morgan fingerprint density at radius 2 is 2.16 bits per heavy atom. The van der Waals surface area contributed by atoms with Gasteiger partial charge in [0.05, 0.1) is 0 Å². The average molecular weight is 260 g/mol. The fraction of sp³-hybridized carbons (Fsp3) is 0.533. The molecule has 0 aromatic rings. The molecule has 3 aliphatic heterocycles. The molecule has 4 atom stereocenters. The van der Waals surface area contributed by atoms with Gasteiger partial charge >= 0.3 is 5.97 Å². The number of hydrogen-bond acceptors (Lipinski definition) is 4. The molecule has 19 heavy (non-hydrogen) atoms. The smallest absolute Gasteiger partial charge is 0.337 e. The van der Waals surface area contributed by atoms with Crippen LogP contribution in [0.2, 0.25) is 0 Å². The van der Waals surface area contributed by atoms with Crippen molar-refractivity contribution >= 4 is 5.97 Å². The van der Waals surface area contributed by atoms with E-state index in [9.17, 15) is 9.90 Å². The van der Waals surface area contributed by atoms with Crippen LogP contribution < -0.4 is 0 Å². The quantitative estimate of drug-likeness (QED) is 0.672. The molecule has 4 unspecified atom stereocenters. The molecule has 0 amide bonds. The number of rotatable bonds is 0. The highest BCUT2D eigenvalue weighted by Crippen LogP contribution is 2.61. The molecule has 4 aliphatic rings. The minimum absolute atomic E-state index is 0.0960. The Morgan fingerprint density at radius 1 is 1.42 bits per heavy atom. The Kier molecular flexibility index (Phi) is 1.82. The molecule has 2 bridgehead atoms. The molecule has 1 saturated heterocycles. The minimum atomic E-state index is -0.969. The molecule has 0 aromatic carbocycles. The predicted octanol–water partition coefficient (Wildman–Crippen LogP) is 1.61. The standard InChI is InChI=1S/C15H16O4/c1-7-4-12(16)15-8(2)6-14(19-15)11(5-10(7)15)9(3)13(17)18-14/h4-5,8,12,16H,6H2,1-3H3. The van der Waals surface area contributed by atoms with E-state index in [1.807, 2.05) is 26.0 Å². The van der Waals surface area contributed by atoms with E-state index in [-0.39, 0.29) is 11.9 Å². The van der Waals surface area contributed by atoms with Crippen LogP contribution >= 0.6 is 0 Å². The van der Waals surface area contributed by atoms with Crippen molar-refractivity contribution in [1.82, 2.24) is 0 Å². The largest absolute Gasteiger partial charge is 0.425 e. The number of aliphatic hydroxyl groups is 1. The summed E-state index contributed by atoms with van der Waals surface area (Å²) in [6.07, 6.45) is 3.76. The molecule has 3 heterocycles. The van der Waals surface area contributed by atoms with Crippen LogP contribution in [0.1, 0.15) is 27.2 Å². The summed E-state index contributed by atoms with van der Waals surface area (Å²) in [5.74, 6) is -1.19. The van der Waals surface area contributed by atoms with E-state index in [2.05, 4.69) is 0 Å². The van der Waals surface area contributed by atoms with Gasteiger partial charge in [-0.2, -0.15) is 0 Å². The summed E-state index contributed by atoms with van der Waals surface area (Å²) in [6.45, 7) is 5.79. The third kappa shape index (κ3) is 1.03. The monoisotopic (exact) mass is 260 g/mol. The zero-order valence-electron chi connectivity index (χ0n) is 11.2. The van der Waals surface area contributed by atoms with Crippen molar-refractivity contribution in [2.45, 2.75) is 44.7 Å². The highest BCUT2D eigenvalue weighted by atomic mass is 16.7. The molecule has 4 rings (SSSR count). The molecule has 4 heteroatoms. The van der Waals surface area contributed by atoms with Crippen molar-refractivity contribution < 1.29 is 19.4 Å². The Labute approximate surface area is 111 Å². The van der Waals surface area contributed by atoms with Crippen LogP contribution in [0.15, 0.2) is 34.4 Å². The Balaban J connectivity index is 2.01. The molecule has 0 saturated carbocycles. The Morgan fingerprint density at radius 3 is 2.89 bits per heavy atom. The lowest BCUT2D eigenvalue weighted by Gasteiger charge is -2.39. The molecular formula is C15H16O4. The SMILES string of the molecule is CC1=CC(O)C23OC4(CC2C)OC(=O)C(C)=C4C=C13. The predicted molar refractivity (Wildman–Crippen MR) is 67.0 cm³/mol. The number of carbonyl (C=O) groups is 1. The van der Waals surface area contributed by atoms with Crippen molar-refractivity contribution in [2.75, 3.05) is 0 Å². The van der Waals surface area contributed by atoms with Crippen LogP contribution in [0.4, 0.5) is 0 Å². The van der Waals surface area contributed by atoms with E-state index in [1.54, 1.807) is 6.92 Å². The van der Waals surface area contributed by atoms with Crippen LogP contribution in [-0.2, 0) is 14.3 Å². The third-order valence-electron chi connectivity index (χ3n) is 5.00. The van der Waals surface area contributed by atoms with E-state index >= 15 is 0 Å². The fourth-order valence-corrected chi connectivity index (χ4v) is 4.05. The lowest BCUT2D eigenvalue weighted by molar-refractivity contribution is -0.222. The second kappa shape index (κ2) is 3.02. The molecular weight excluding hydrogens is 244 g/mol. The summed E-state index contributed by atoms with van der Waals surface area (Å²) in [5.41, 5.74) is 2.72. The molecule has 1 fully saturated rings. The van der Waals surface area contributed by atoms with Crippen molar-refractivity contribution in [3.8, 4) is 0 Å². The van der Waals surface area contributed by atoms with Crippen LogP contribution in [0.25, 0.3) is 0 Å². The maximum atomic E-state index is 11.8. The number of hydrogen-bond donors (Lipinski definition) is 1. The van der Waals surface area contributed by atoms with Crippen molar-refractivity contribution in [3.63, 3.8) is 0 Å². The number of aliphatic hydroxyl groups excluding tert-OH is 1. The first kappa shape index (κ1) is 11.4.